The molecule has 3 aromatic heterocycles. The summed E-state index contributed by atoms with van der Waals surface area (Å²) in [5, 5.41) is 4.82. The first-order valence-corrected chi connectivity index (χ1v) is 15.8. The van der Waals surface area contributed by atoms with Gasteiger partial charge >= 0.3 is 17.9 Å². The van der Waals surface area contributed by atoms with Gasteiger partial charge in [-0.1, -0.05) is 48.3 Å². The second-order valence-electron chi connectivity index (χ2n) is 11.3. The van der Waals surface area contributed by atoms with Gasteiger partial charge in [-0.2, -0.15) is 0 Å². The van der Waals surface area contributed by atoms with Crippen molar-refractivity contribution in [2.24, 2.45) is 0 Å². The van der Waals surface area contributed by atoms with Crippen LogP contribution in [0.25, 0.3) is 28.0 Å². The first kappa shape index (κ1) is 31.2. The second-order valence-corrected chi connectivity index (χ2v) is 11.6. The van der Waals surface area contributed by atoms with Crippen molar-refractivity contribution in [3.63, 3.8) is 0 Å². The lowest BCUT2D eigenvalue weighted by Crippen LogP contribution is -2.27. The SMILES string of the molecule is CCCc1nc(Cl)c(C(=O)OC(C)OC(=O)OC2CCCCC2)n1Cc1ccc2c(ccn2-c2ccccc2-c2noc(=O)[nH]2)c1. The summed E-state index contributed by atoms with van der Waals surface area (Å²) in [5.74, 6) is -0.415. The predicted octanol–water partition coefficient (Wildman–Crippen LogP) is 6.81. The number of carbonyl (C=O) groups is 2. The molecule has 1 aliphatic rings. The molecule has 3 heterocycles. The van der Waals surface area contributed by atoms with Gasteiger partial charge in [-0.15, -0.1) is 0 Å². The van der Waals surface area contributed by atoms with Crippen LogP contribution in [0.1, 0.15) is 74.2 Å². The number of imidazole rings is 1. The van der Waals surface area contributed by atoms with E-state index < -0.39 is 24.2 Å². The number of H-pyrrole nitrogens is 1. The Kier molecular flexibility index (Phi) is 9.25. The normalized spacial score (nSPS) is 14.3. The highest BCUT2D eigenvalue weighted by atomic mass is 35.5. The van der Waals surface area contributed by atoms with Crippen LogP contribution in [-0.4, -0.2) is 48.8 Å². The van der Waals surface area contributed by atoms with Crippen molar-refractivity contribution in [1.29, 1.82) is 0 Å². The predicted molar refractivity (Wildman–Crippen MR) is 169 cm³/mol. The van der Waals surface area contributed by atoms with Crippen LogP contribution in [0.4, 0.5) is 4.79 Å². The number of para-hydroxylation sites is 1. The Labute approximate surface area is 269 Å². The van der Waals surface area contributed by atoms with E-state index in [0.717, 1.165) is 60.7 Å². The summed E-state index contributed by atoms with van der Waals surface area (Å²) < 4.78 is 24.5. The smallest absolute Gasteiger partial charge is 0.431 e. The first-order valence-electron chi connectivity index (χ1n) is 15.4. The molecule has 1 aliphatic carbocycles. The van der Waals surface area contributed by atoms with E-state index in [9.17, 15) is 14.4 Å². The minimum atomic E-state index is -1.19. The van der Waals surface area contributed by atoms with Gasteiger partial charge in [0.05, 0.1) is 11.2 Å². The van der Waals surface area contributed by atoms with Crippen molar-refractivity contribution in [3.8, 4) is 17.1 Å². The quantitative estimate of drug-likeness (QED) is 0.128. The summed E-state index contributed by atoms with van der Waals surface area (Å²) >= 11 is 6.50. The molecule has 0 amide bonds. The van der Waals surface area contributed by atoms with E-state index in [2.05, 4.69) is 15.1 Å². The maximum Gasteiger partial charge on any atom is 0.511 e. The van der Waals surface area contributed by atoms with Crippen LogP contribution in [0.15, 0.2) is 64.0 Å². The topological polar surface area (TPSA) is 143 Å². The zero-order valence-electron chi connectivity index (χ0n) is 25.5. The lowest BCUT2D eigenvalue weighted by atomic mass is 9.98. The molecule has 12 nitrogen and oxygen atoms in total. The number of esters is 1. The summed E-state index contributed by atoms with van der Waals surface area (Å²) in [6.45, 7) is 3.77. The van der Waals surface area contributed by atoms with Gasteiger partial charge in [-0.3, -0.25) is 9.51 Å². The molecule has 46 heavy (non-hydrogen) atoms. The van der Waals surface area contributed by atoms with Crippen molar-refractivity contribution in [2.45, 2.75) is 77.7 Å². The van der Waals surface area contributed by atoms with Gasteiger partial charge in [0, 0.05) is 37.0 Å². The number of ether oxygens (including phenoxy) is 3. The average molecular weight is 648 g/mol. The Morgan fingerprint density at radius 1 is 1.11 bits per heavy atom. The van der Waals surface area contributed by atoms with Crippen molar-refractivity contribution in [2.75, 3.05) is 0 Å². The number of aromatic nitrogens is 5. The van der Waals surface area contributed by atoms with Crippen molar-refractivity contribution >= 4 is 34.6 Å². The number of rotatable bonds is 10. The number of nitrogens with one attached hydrogen (secondary N) is 1. The van der Waals surface area contributed by atoms with Crippen LogP contribution in [0.2, 0.25) is 5.15 Å². The van der Waals surface area contributed by atoms with Crippen LogP contribution in [-0.2, 0) is 27.2 Å². The average Bonchev–Trinajstić information content (AvgIpc) is 3.74. The largest absolute Gasteiger partial charge is 0.511 e. The summed E-state index contributed by atoms with van der Waals surface area (Å²) in [7, 11) is 0. The molecule has 5 aromatic rings. The standard InChI is InChI=1S/C33H34ClN5O7/c1-3-9-27-35-29(34)28(31(40)43-20(2)44-33(42)45-23-10-5-4-6-11-23)39(27)19-21-14-15-25-22(18-21)16-17-38(25)26-13-8-7-12-24(26)30-36-32(41)46-37-30/h7-8,12-18,20,23H,3-6,9-11,19H2,1-2H3,(H,36,37,41). The van der Waals surface area contributed by atoms with Crippen molar-refractivity contribution in [1.82, 2.24) is 24.3 Å². The van der Waals surface area contributed by atoms with Crippen molar-refractivity contribution in [3.05, 3.63) is 87.5 Å². The van der Waals surface area contributed by atoms with E-state index >= 15 is 0 Å². The van der Waals surface area contributed by atoms with Gasteiger partial charge in [0.1, 0.15) is 11.9 Å². The molecule has 1 fully saturated rings. The highest BCUT2D eigenvalue weighted by Crippen LogP contribution is 2.29. The van der Waals surface area contributed by atoms with E-state index in [-0.39, 0.29) is 17.0 Å². The van der Waals surface area contributed by atoms with Crippen LogP contribution in [0.5, 0.6) is 0 Å². The van der Waals surface area contributed by atoms with E-state index in [0.29, 0.717) is 30.2 Å². The number of aromatic amines is 1. The van der Waals surface area contributed by atoms with Crippen LogP contribution in [0, 0.1) is 0 Å². The van der Waals surface area contributed by atoms with E-state index in [1.165, 1.54) is 6.92 Å². The molecule has 2 aromatic carbocycles. The number of aryl methyl sites for hydroxylation is 1. The number of halogens is 1. The third-order valence-corrected chi connectivity index (χ3v) is 8.24. The summed E-state index contributed by atoms with van der Waals surface area (Å²) in [4.78, 5) is 44.3. The molecule has 0 radical (unpaired) electrons. The number of benzene rings is 2. The summed E-state index contributed by atoms with van der Waals surface area (Å²) in [5.41, 5.74) is 3.42. The molecule has 0 bridgehead atoms. The monoisotopic (exact) mass is 647 g/mol. The Morgan fingerprint density at radius 3 is 2.67 bits per heavy atom. The Hall–Kier alpha value is -4.84. The minimum Gasteiger partial charge on any atom is -0.431 e. The molecule has 1 saturated carbocycles. The summed E-state index contributed by atoms with van der Waals surface area (Å²) in [6, 6.07) is 15.5. The second kappa shape index (κ2) is 13.7. The zero-order chi connectivity index (χ0) is 32.2. The van der Waals surface area contributed by atoms with Gasteiger partial charge in [-0.05, 0) is 68.0 Å². The summed E-state index contributed by atoms with van der Waals surface area (Å²) in [6.07, 6.45) is 5.81. The van der Waals surface area contributed by atoms with Gasteiger partial charge in [0.15, 0.2) is 16.7 Å². The molecule has 1 atom stereocenters. The zero-order valence-corrected chi connectivity index (χ0v) is 26.3. The molecule has 1 unspecified atom stereocenters. The molecule has 13 heteroatoms. The van der Waals surface area contributed by atoms with E-state index in [4.69, 9.17) is 30.3 Å². The maximum absolute atomic E-state index is 13.4. The fourth-order valence-corrected chi connectivity index (χ4v) is 6.15. The minimum absolute atomic E-state index is 0.0140. The number of carbonyl (C=O) groups excluding carboxylic acids is 2. The van der Waals surface area contributed by atoms with Crippen LogP contribution in [0.3, 0.4) is 0 Å². The van der Waals surface area contributed by atoms with Crippen LogP contribution >= 0.6 is 11.6 Å². The third-order valence-electron chi connectivity index (χ3n) is 7.98. The molecule has 0 aliphatic heterocycles. The highest BCUT2D eigenvalue weighted by molar-refractivity contribution is 6.32. The lowest BCUT2D eigenvalue weighted by molar-refractivity contribution is -0.0918. The van der Waals surface area contributed by atoms with E-state index in [1.54, 1.807) is 4.57 Å². The van der Waals surface area contributed by atoms with Crippen LogP contribution < -0.4 is 5.76 Å². The maximum atomic E-state index is 13.4. The molecule has 1 N–H and O–H groups in total. The van der Waals surface area contributed by atoms with Gasteiger partial charge in [0.2, 0.25) is 6.29 Å². The highest BCUT2D eigenvalue weighted by Gasteiger charge is 2.27. The number of hydrogen-bond acceptors (Lipinski definition) is 9. The first-order chi connectivity index (χ1) is 22.3. The third kappa shape index (κ3) is 6.71. The molecule has 6 rings (SSSR count). The fraction of sp³-hybridized carbons (Fsp3) is 0.364. The molecule has 240 valence electrons. The number of hydrogen-bond donors (Lipinski definition) is 1. The Morgan fingerprint density at radius 2 is 1.91 bits per heavy atom. The molecule has 0 spiro atoms. The number of fused-ring (bicyclic) bond motifs is 1. The Balaban J connectivity index is 1.22. The van der Waals surface area contributed by atoms with Gasteiger partial charge in [-0.25, -0.2) is 19.4 Å². The number of nitrogens with zero attached hydrogens (tertiary/aromatic N) is 4. The fourth-order valence-electron chi connectivity index (χ4n) is 5.87. The Bertz CT molecular complexity index is 1920. The van der Waals surface area contributed by atoms with Gasteiger partial charge in [0.25, 0.3) is 0 Å². The van der Waals surface area contributed by atoms with E-state index in [1.807, 2.05) is 66.2 Å². The molecule has 0 saturated heterocycles. The molecular formula is C33H34ClN5O7. The van der Waals surface area contributed by atoms with Gasteiger partial charge < -0.3 is 23.3 Å². The molecular weight excluding hydrogens is 614 g/mol. The lowest BCUT2D eigenvalue weighted by Gasteiger charge is -2.22. The van der Waals surface area contributed by atoms with Crippen molar-refractivity contribution < 1.29 is 28.3 Å².